The lowest BCUT2D eigenvalue weighted by Crippen LogP contribution is -2.36. The minimum absolute atomic E-state index is 0.122. The number of likely N-dealkylation sites (tertiary alicyclic amines) is 1. The molecule has 1 amide bonds. The van der Waals surface area contributed by atoms with Crippen molar-refractivity contribution in [2.75, 3.05) is 18.6 Å². The van der Waals surface area contributed by atoms with Crippen LogP contribution in [0.4, 0.5) is 0 Å². The Morgan fingerprint density at radius 2 is 1.91 bits per heavy atom. The van der Waals surface area contributed by atoms with Crippen molar-refractivity contribution in [2.24, 2.45) is 5.41 Å². The van der Waals surface area contributed by atoms with Gasteiger partial charge in [-0.05, 0) is 37.2 Å². The van der Waals surface area contributed by atoms with Crippen molar-refractivity contribution >= 4 is 15.7 Å². The minimum atomic E-state index is -3.03. The number of carbonyl (C=O) groups is 1. The summed E-state index contributed by atoms with van der Waals surface area (Å²) in [5.74, 6) is 0.660. The van der Waals surface area contributed by atoms with Crippen LogP contribution in [0.1, 0.15) is 44.1 Å². The fourth-order valence-corrected chi connectivity index (χ4v) is 5.38. The summed E-state index contributed by atoms with van der Waals surface area (Å²) in [6.07, 6.45) is 4.34. The van der Waals surface area contributed by atoms with Gasteiger partial charge in [-0.15, -0.1) is 0 Å². The van der Waals surface area contributed by atoms with Crippen molar-refractivity contribution in [1.29, 1.82) is 0 Å². The van der Waals surface area contributed by atoms with Crippen molar-refractivity contribution in [3.63, 3.8) is 0 Å². The van der Waals surface area contributed by atoms with Crippen LogP contribution in [-0.4, -0.2) is 43.8 Å². The summed E-state index contributed by atoms with van der Waals surface area (Å²) in [7, 11) is -3.03. The van der Waals surface area contributed by atoms with Crippen LogP contribution >= 0.6 is 0 Å². The third kappa shape index (κ3) is 3.94. The number of hydrogen-bond donors (Lipinski definition) is 0. The third-order valence-electron chi connectivity index (χ3n) is 5.22. The van der Waals surface area contributed by atoms with Gasteiger partial charge in [-0.2, -0.15) is 0 Å². The molecule has 0 N–H and O–H groups in total. The van der Waals surface area contributed by atoms with E-state index in [9.17, 15) is 13.2 Å². The summed E-state index contributed by atoms with van der Waals surface area (Å²) in [4.78, 5) is 14.7. The number of carbonyl (C=O) groups excluding carboxylic acids is 1. The molecule has 126 valence electrons. The number of sulfone groups is 1. The van der Waals surface area contributed by atoms with Crippen LogP contribution in [0.15, 0.2) is 30.3 Å². The molecule has 0 aromatic heterocycles. The van der Waals surface area contributed by atoms with Crippen LogP contribution < -0.4 is 0 Å². The summed E-state index contributed by atoms with van der Waals surface area (Å²) >= 11 is 0. The molecule has 1 aliphatic heterocycles. The molecule has 4 nitrogen and oxygen atoms in total. The monoisotopic (exact) mass is 335 g/mol. The molecule has 1 aliphatic carbocycles. The van der Waals surface area contributed by atoms with Crippen molar-refractivity contribution in [3.05, 3.63) is 35.9 Å². The zero-order valence-electron chi connectivity index (χ0n) is 13.9. The van der Waals surface area contributed by atoms with Crippen LogP contribution in [0, 0.1) is 5.41 Å². The standard InChI is InChI=1S/C18H25NO3S/c1-14-10-16(15-6-4-3-5-7-15)12-19(14)17(20)11-18(8-9-18)13-23(2,21)22/h3-7,14,16H,8-13H2,1-2H3/t14-,16+/m0/s1. The van der Waals surface area contributed by atoms with Crippen LogP contribution in [0.2, 0.25) is 0 Å². The van der Waals surface area contributed by atoms with E-state index in [-0.39, 0.29) is 23.1 Å². The average molecular weight is 335 g/mol. The SMILES string of the molecule is C[C@H]1C[C@@H](c2ccccc2)CN1C(=O)CC1(CS(C)(=O)=O)CC1. The maximum Gasteiger partial charge on any atom is 0.223 e. The smallest absolute Gasteiger partial charge is 0.223 e. The largest absolute Gasteiger partial charge is 0.339 e. The van der Waals surface area contributed by atoms with Gasteiger partial charge in [0.25, 0.3) is 0 Å². The Bertz CT molecular complexity index is 679. The molecule has 2 fully saturated rings. The van der Waals surface area contributed by atoms with Crippen LogP contribution in [0.3, 0.4) is 0 Å². The van der Waals surface area contributed by atoms with Gasteiger partial charge in [0.2, 0.25) is 5.91 Å². The summed E-state index contributed by atoms with van der Waals surface area (Å²) in [6, 6.07) is 10.6. The molecule has 1 saturated carbocycles. The molecule has 1 heterocycles. The van der Waals surface area contributed by atoms with Gasteiger partial charge in [0.1, 0.15) is 9.84 Å². The van der Waals surface area contributed by atoms with E-state index in [1.165, 1.54) is 11.8 Å². The van der Waals surface area contributed by atoms with Crippen molar-refractivity contribution in [2.45, 2.75) is 44.6 Å². The van der Waals surface area contributed by atoms with Gasteiger partial charge in [0.15, 0.2) is 0 Å². The summed E-state index contributed by atoms with van der Waals surface area (Å²) in [5.41, 5.74) is 1.00. The fourth-order valence-electron chi connectivity index (χ4n) is 3.87. The van der Waals surface area contributed by atoms with E-state index in [4.69, 9.17) is 0 Å². The predicted octanol–water partition coefficient (Wildman–Crippen LogP) is 2.61. The first-order valence-electron chi connectivity index (χ1n) is 8.30. The van der Waals surface area contributed by atoms with E-state index in [1.54, 1.807) is 0 Å². The van der Waals surface area contributed by atoms with Crippen LogP contribution in [0.5, 0.6) is 0 Å². The molecule has 1 aromatic rings. The zero-order valence-corrected chi connectivity index (χ0v) is 14.7. The Kier molecular flexibility index (Phi) is 4.25. The van der Waals surface area contributed by atoms with E-state index >= 15 is 0 Å². The predicted molar refractivity (Wildman–Crippen MR) is 91.0 cm³/mol. The van der Waals surface area contributed by atoms with Crippen molar-refractivity contribution in [3.8, 4) is 0 Å². The lowest BCUT2D eigenvalue weighted by atomic mass is 9.97. The number of hydrogen-bond acceptors (Lipinski definition) is 3. The zero-order chi connectivity index (χ0) is 16.7. The van der Waals surface area contributed by atoms with E-state index in [0.717, 1.165) is 25.8 Å². The summed E-state index contributed by atoms with van der Waals surface area (Å²) in [5, 5.41) is 0. The molecule has 23 heavy (non-hydrogen) atoms. The van der Waals surface area contributed by atoms with E-state index in [1.807, 2.05) is 23.1 Å². The maximum absolute atomic E-state index is 12.7. The number of benzene rings is 1. The quantitative estimate of drug-likeness (QED) is 0.831. The molecule has 1 saturated heterocycles. The Morgan fingerprint density at radius 3 is 2.48 bits per heavy atom. The first-order valence-corrected chi connectivity index (χ1v) is 10.4. The van der Waals surface area contributed by atoms with Gasteiger partial charge in [-0.3, -0.25) is 4.79 Å². The van der Waals surface area contributed by atoms with Gasteiger partial charge in [0.05, 0.1) is 5.75 Å². The highest BCUT2D eigenvalue weighted by Gasteiger charge is 2.48. The fraction of sp³-hybridized carbons (Fsp3) is 0.611. The van der Waals surface area contributed by atoms with Crippen molar-refractivity contribution in [1.82, 2.24) is 4.90 Å². The molecule has 0 bridgehead atoms. The first-order chi connectivity index (χ1) is 10.8. The van der Waals surface area contributed by atoms with Crippen LogP contribution in [-0.2, 0) is 14.6 Å². The molecule has 0 spiro atoms. The summed E-state index contributed by atoms with van der Waals surface area (Å²) < 4.78 is 23.1. The first kappa shape index (κ1) is 16.5. The maximum atomic E-state index is 12.7. The van der Waals surface area contributed by atoms with Gasteiger partial charge in [0, 0.05) is 31.2 Å². The molecule has 0 radical (unpaired) electrons. The molecule has 2 aliphatic rings. The Labute approximate surface area is 138 Å². The highest BCUT2D eigenvalue weighted by atomic mass is 32.2. The van der Waals surface area contributed by atoms with Crippen molar-refractivity contribution < 1.29 is 13.2 Å². The highest BCUT2D eigenvalue weighted by Crippen LogP contribution is 2.50. The van der Waals surface area contributed by atoms with E-state index < -0.39 is 9.84 Å². The number of rotatable bonds is 5. The number of amides is 1. The Hall–Kier alpha value is -1.36. The molecule has 1 aromatic carbocycles. The lowest BCUT2D eigenvalue weighted by Gasteiger charge is -2.24. The van der Waals surface area contributed by atoms with E-state index in [2.05, 4.69) is 19.1 Å². The third-order valence-corrected chi connectivity index (χ3v) is 6.35. The topological polar surface area (TPSA) is 54.5 Å². The molecule has 5 heteroatoms. The normalized spacial score (nSPS) is 26.3. The van der Waals surface area contributed by atoms with Gasteiger partial charge < -0.3 is 4.90 Å². The molecule has 2 atom stereocenters. The highest BCUT2D eigenvalue weighted by molar-refractivity contribution is 7.90. The van der Waals surface area contributed by atoms with Crippen LogP contribution in [0.25, 0.3) is 0 Å². The average Bonchev–Trinajstić information content (AvgIpc) is 3.07. The Morgan fingerprint density at radius 1 is 1.26 bits per heavy atom. The minimum Gasteiger partial charge on any atom is -0.339 e. The second-order valence-electron chi connectivity index (χ2n) is 7.49. The van der Waals surface area contributed by atoms with E-state index in [0.29, 0.717) is 12.3 Å². The second-order valence-corrected chi connectivity index (χ2v) is 9.63. The Balaban J connectivity index is 1.64. The van der Waals surface area contributed by atoms with Gasteiger partial charge >= 0.3 is 0 Å². The second kappa shape index (κ2) is 5.93. The number of nitrogens with zero attached hydrogens (tertiary/aromatic N) is 1. The summed E-state index contributed by atoms with van der Waals surface area (Å²) in [6.45, 7) is 2.84. The van der Waals surface area contributed by atoms with Gasteiger partial charge in [-0.25, -0.2) is 8.42 Å². The molecular weight excluding hydrogens is 310 g/mol. The van der Waals surface area contributed by atoms with Gasteiger partial charge in [-0.1, -0.05) is 30.3 Å². The molecular formula is C18H25NO3S. The molecule has 3 rings (SSSR count). The lowest BCUT2D eigenvalue weighted by molar-refractivity contribution is -0.132. The molecule has 0 unspecified atom stereocenters.